The van der Waals surface area contributed by atoms with Gasteiger partial charge in [0.1, 0.15) is 24.2 Å². The van der Waals surface area contributed by atoms with Crippen molar-refractivity contribution in [1.29, 1.82) is 0 Å². The van der Waals surface area contributed by atoms with Crippen LogP contribution < -0.4 is 32.7 Å². The highest BCUT2D eigenvalue weighted by Crippen LogP contribution is 2.23. The molecule has 0 saturated carbocycles. The number of aromatic nitrogens is 2. The van der Waals surface area contributed by atoms with Crippen LogP contribution in [0.2, 0.25) is 0 Å². The maximum absolute atomic E-state index is 12.5. The molecular formula is C72H96N8O10P4. The van der Waals surface area contributed by atoms with Crippen LogP contribution in [-0.4, -0.2) is 98.5 Å². The summed E-state index contributed by atoms with van der Waals surface area (Å²) < 4.78 is 18.8. The Morgan fingerprint density at radius 1 is 0.351 bits per heavy atom. The summed E-state index contributed by atoms with van der Waals surface area (Å²) in [4.78, 5) is 80.4. The molecule has 0 bridgehead atoms. The zero-order valence-electron chi connectivity index (χ0n) is 55.4. The van der Waals surface area contributed by atoms with Crippen LogP contribution in [0.3, 0.4) is 0 Å². The summed E-state index contributed by atoms with van der Waals surface area (Å²) >= 11 is 0. The Morgan fingerprint density at radius 3 is 1.04 bits per heavy atom. The van der Waals surface area contributed by atoms with E-state index in [9.17, 15) is 28.8 Å². The highest BCUT2D eigenvalue weighted by atomic mass is 31.0. The quantitative estimate of drug-likeness (QED) is 0.0209. The number of nitrogens with one attached hydrogen (secondary N) is 4. The van der Waals surface area contributed by atoms with Gasteiger partial charge in [-0.05, 0) is 125 Å². The van der Waals surface area contributed by atoms with Crippen molar-refractivity contribution in [1.82, 2.24) is 20.6 Å². The van der Waals surface area contributed by atoms with Gasteiger partial charge in [-0.25, -0.2) is 19.2 Å². The van der Waals surface area contributed by atoms with Crippen molar-refractivity contribution in [2.45, 2.75) is 103 Å². The summed E-state index contributed by atoms with van der Waals surface area (Å²) in [6, 6.07) is 58.8. The molecule has 22 heteroatoms. The lowest BCUT2D eigenvalue weighted by Crippen LogP contribution is -2.45. The average Bonchev–Trinajstić information content (AvgIpc) is 1.42. The fourth-order valence-electron chi connectivity index (χ4n) is 9.10. The van der Waals surface area contributed by atoms with Crippen molar-refractivity contribution in [3.05, 3.63) is 239 Å². The predicted octanol–water partition coefficient (Wildman–Crippen LogP) is 11.2. The van der Waals surface area contributed by atoms with Crippen LogP contribution in [0.25, 0.3) is 22.3 Å². The molecule has 0 aliphatic rings. The van der Waals surface area contributed by atoms with Gasteiger partial charge in [0.05, 0.1) is 28.4 Å². The number of urea groups is 2. The largest absolute Gasteiger partial charge is 0.468 e. The van der Waals surface area contributed by atoms with Crippen LogP contribution >= 0.6 is 39.6 Å². The lowest BCUT2D eigenvalue weighted by atomic mass is 10.0. The van der Waals surface area contributed by atoms with Gasteiger partial charge >= 0.3 is 35.9 Å². The first-order valence-corrected chi connectivity index (χ1v) is 29.9. The molecule has 94 heavy (non-hydrogen) atoms. The van der Waals surface area contributed by atoms with Gasteiger partial charge in [0.2, 0.25) is 0 Å². The van der Waals surface area contributed by atoms with E-state index < -0.39 is 54.1 Å². The number of methoxy groups -OCH3 is 4. The summed E-state index contributed by atoms with van der Waals surface area (Å²) in [5.41, 5.74) is 24.9. The van der Waals surface area contributed by atoms with Crippen LogP contribution in [0.4, 0.5) is 21.0 Å². The molecule has 4 unspecified atom stereocenters. The smallest absolute Gasteiger partial charge is 0.328 e. The van der Waals surface area contributed by atoms with Crippen LogP contribution in [-0.2, 0) is 89.5 Å². The van der Waals surface area contributed by atoms with Gasteiger partial charge in [-0.1, -0.05) is 173 Å². The Labute approximate surface area is 567 Å². The van der Waals surface area contributed by atoms with E-state index in [0.29, 0.717) is 30.6 Å². The summed E-state index contributed by atoms with van der Waals surface area (Å²) in [6.07, 6.45) is 5.12. The molecule has 4 amide bonds. The first kappa shape index (κ1) is 83.7. The number of carbonyl (C=O) groups excluding carboxylic acids is 6. The van der Waals surface area contributed by atoms with E-state index in [1.165, 1.54) is 39.6 Å². The number of hydrogen-bond acceptors (Lipinski definition) is 14. The minimum absolute atomic E-state index is 0. The third kappa shape index (κ3) is 29.3. The number of amides is 4. The molecule has 0 saturated heterocycles. The number of aryl methyl sites for hydroxylation is 4. The fourth-order valence-corrected chi connectivity index (χ4v) is 9.10. The number of rotatable bonds is 22. The second-order valence-corrected chi connectivity index (χ2v) is 20.6. The van der Waals surface area contributed by atoms with E-state index in [-0.39, 0.29) is 52.0 Å². The second kappa shape index (κ2) is 45.9. The number of benzene rings is 6. The van der Waals surface area contributed by atoms with Gasteiger partial charge in [-0.3, -0.25) is 19.6 Å². The van der Waals surface area contributed by atoms with Gasteiger partial charge in [0.15, 0.2) is 0 Å². The molecule has 8 atom stereocenters. The number of anilines is 2. The van der Waals surface area contributed by atoms with Crippen LogP contribution in [0, 0.1) is 0 Å². The molecule has 0 spiro atoms. The monoisotopic (exact) mass is 1360 g/mol. The van der Waals surface area contributed by atoms with Crippen molar-refractivity contribution in [2.75, 3.05) is 39.1 Å². The molecule has 0 aliphatic heterocycles. The zero-order chi connectivity index (χ0) is 65.2. The number of hydrogen-bond donors (Lipinski definition) is 6. The lowest BCUT2D eigenvalue weighted by molar-refractivity contribution is -0.143. The van der Waals surface area contributed by atoms with Crippen molar-refractivity contribution in [3.8, 4) is 22.3 Å². The normalized spacial score (nSPS) is 11.2. The van der Waals surface area contributed by atoms with Crippen molar-refractivity contribution < 1.29 is 47.7 Å². The maximum Gasteiger partial charge on any atom is 0.328 e. The van der Waals surface area contributed by atoms with E-state index in [0.717, 1.165) is 81.8 Å². The summed E-state index contributed by atoms with van der Waals surface area (Å²) in [7, 11) is 5.30. The van der Waals surface area contributed by atoms with Crippen molar-refractivity contribution >= 4 is 86.9 Å². The Morgan fingerprint density at radius 2 is 0.670 bits per heavy atom. The van der Waals surface area contributed by atoms with Crippen LogP contribution in [0.5, 0.6) is 0 Å². The first-order chi connectivity index (χ1) is 43.5. The Bertz CT molecular complexity index is 3310. The molecule has 0 radical (unpaired) electrons. The molecule has 8 aromatic rings. The lowest BCUT2D eigenvalue weighted by Gasteiger charge is -2.17. The molecule has 2 aromatic heterocycles. The molecule has 0 fully saturated rings. The highest BCUT2D eigenvalue weighted by Gasteiger charge is 2.24. The number of nitrogens with two attached hydrogens (primary N) is 2. The van der Waals surface area contributed by atoms with Gasteiger partial charge in [0, 0.05) is 53.4 Å². The minimum Gasteiger partial charge on any atom is -0.468 e. The summed E-state index contributed by atoms with van der Waals surface area (Å²) in [5, 5.41) is 10.9. The predicted molar refractivity (Wildman–Crippen MR) is 398 cm³/mol. The van der Waals surface area contributed by atoms with E-state index in [1.807, 2.05) is 196 Å². The SMILES string of the molecule is CCc1cccc(C[C@H](N)C(=O)OC)c1.CCc1cccc(C[C@H](N)C(=O)OC)n1.CCc1cccc(C[C@H](NC(=O)Nc2ccc(-c3ccccc3)cc2)C(=O)OC)c1.CCc1cccc(C[C@H](NC(=O)Nc2ccc(-c3ccccc3)cc2)C(=O)OC)n1.P.P.P.P. The number of carbonyl (C=O) groups is 6. The highest BCUT2D eigenvalue weighted by molar-refractivity contribution is 6.92. The van der Waals surface area contributed by atoms with E-state index in [4.69, 9.17) is 20.9 Å². The van der Waals surface area contributed by atoms with E-state index >= 15 is 0 Å². The first-order valence-electron chi connectivity index (χ1n) is 29.9. The number of esters is 4. The van der Waals surface area contributed by atoms with Crippen molar-refractivity contribution in [2.24, 2.45) is 11.5 Å². The molecule has 6 aromatic carbocycles. The van der Waals surface area contributed by atoms with E-state index in [2.05, 4.69) is 66.7 Å². The summed E-state index contributed by atoms with van der Waals surface area (Å²) in [5.74, 6) is -1.77. The molecule has 8 rings (SSSR count). The molecular weight excluding hydrogens is 1260 g/mol. The molecule has 0 aliphatic carbocycles. The third-order valence-electron chi connectivity index (χ3n) is 14.1. The average molecular weight is 1360 g/mol. The van der Waals surface area contributed by atoms with E-state index in [1.54, 1.807) is 0 Å². The third-order valence-corrected chi connectivity index (χ3v) is 14.1. The number of pyridine rings is 2. The van der Waals surface area contributed by atoms with Crippen molar-refractivity contribution in [3.63, 3.8) is 0 Å². The van der Waals surface area contributed by atoms with Gasteiger partial charge < -0.3 is 51.7 Å². The number of nitrogens with zero attached hydrogens (tertiary/aromatic N) is 2. The maximum atomic E-state index is 12.5. The topological polar surface area (TPSA) is 265 Å². The standard InChI is InChI=1S/C25H26N2O3.C24H25N3O3.C12H17NO2.C11H16N2O2.4H3P/c1-3-18-8-7-9-19(16-18)17-23(24(28)30-2)27-25(29)26-22-14-12-21(13-15-22)20-10-5-4-6-11-20;1-3-19-10-7-11-21(25-19)16-22(23(28)30-2)27-24(29)26-20-14-12-18(13-15-20)17-8-5-4-6-9-17;1-3-9-5-4-6-10(7-9)8-11(13)12(14)15-2;1-3-8-5-4-6-9(13-8)7-10(12)11(14)15-2;;;;/h4-16,23H,3,17H2,1-2H3,(H2,26,27,29);4-15,22H,3,16H2,1-2H3,(H2,26,27,29);4-7,11H,3,8,13H2,1-2H3;4-6,10H,3,7,12H2,1-2H3;4*1H3/t23-;22-;11-;10-;;;;/m0000..../s1. The fraction of sp³-hybridized carbons (Fsp3) is 0.278. The van der Waals surface area contributed by atoms with Crippen LogP contribution in [0.1, 0.15) is 72.7 Å². The van der Waals surface area contributed by atoms with Gasteiger partial charge in [-0.15, -0.1) is 0 Å². The zero-order valence-corrected chi connectivity index (χ0v) is 61.1. The molecule has 8 N–H and O–H groups in total. The second-order valence-electron chi connectivity index (χ2n) is 20.6. The van der Waals surface area contributed by atoms with Gasteiger partial charge in [-0.2, -0.15) is 39.6 Å². The Balaban J connectivity index is 0.000000648. The molecule has 2 heterocycles. The van der Waals surface area contributed by atoms with Gasteiger partial charge in [0.25, 0.3) is 0 Å². The number of ether oxygens (including phenoxy) is 4. The molecule has 504 valence electrons. The Hall–Kier alpha value is -8.32. The molecule has 18 nitrogen and oxygen atoms in total. The minimum atomic E-state index is -0.835. The van der Waals surface area contributed by atoms with Crippen LogP contribution in [0.15, 0.2) is 194 Å². The Kier molecular flexibility index (Phi) is 40.9. The summed E-state index contributed by atoms with van der Waals surface area (Å²) in [6.45, 7) is 8.22.